The predicted octanol–water partition coefficient (Wildman–Crippen LogP) is 4.85. The quantitative estimate of drug-likeness (QED) is 0.549. The first-order valence-corrected chi connectivity index (χ1v) is 5.68. The van der Waals surface area contributed by atoms with E-state index in [1.165, 1.54) is 0 Å². The molecule has 0 unspecified atom stereocenters. The second kappa shape index (κ2) is 5.36. The minimum atomic E-state index is -1.91. The summed E-state index contributed by atoms with van der Waals surface area (Å²) in [6.07, 6.45) is 0. The summed E-state index contributed by atoms with van der Waals surface area (Å²) >= 11 is 5.65. The fraction of sp³-hybridized carbons (Fsp3) is 0.0769. The Morgan fingerprint density at radius 1 is 0.600 bits per heavy atom. The van der Waals surface area contributed by atoms with Gasteiger partial charge in [-0.05, 0) is 0 Å². The van der Waals surface area contributed by atoms with E-state index in [9.17, 15) is 26.3 Å². The number of benzene rings is 2. The maximum absolute atomic E-state index is 13.5. The van der Waals surface area contributed by atoms with Crippen molar-refractivity contribution in [1.82, 2.24) is 0 Å². The third-order valence-electron chi connectivity index (χ3n) is 2.59. The second-order valence-corrected chi connectivity index (χ2v) is 4.37. The molecule has 106 valence electrons. The number of hydrogen-bond acceptors (Lipinski definition) is 0. The molecule has 0 fully saturated rings. The molecule has 0 atom stereocenters. The van der Waals surface area contributed by atoms with Crippen molar-refractivity contribution in [3.63, 3.8) is 0 Å². The molecule has 2 aromatic carbocycles. The molecule has 0 amide bonds. The number of hydrogen-bond donors (Lipinski definition) is 0. The minimum Gasteiger partial charge on any atom is -0.207 e. The summed E-state index contributed by atoms with van der Waals surface area (Å²) < 4.78 is 79.6. The molecule has 2 rings (SSSR count). The van der Waals surface area contributed by atoms with Crippen molar-refractivity contribution in [2.75, 3.05) is 0 Å². The third-order valence-corrected chi connectivity index (χ3v) is 3.03. The number of rotatable bonds is 2. The highest BCUT2D eigenvalue weighted by Gasteiger charge is 2.27. The van der Waals surface area contributed by atoms with Crippen LogP contribution in [0, 0.1) is 34.9 Å². The van der Waals surface area contributed by atoms with Crippen molar-refractivity contribution >= 4 is 11.6 Å². The smallest absolute Gasteiger partial charge is 0.134 e. The van der Waals surface area contributed by atoms with Crippen molar-refractivity contribution in [2.24, 2.45) is 0 Å². The van der Waals surface area contributed by atoms with Gasteiger partial charge in [0.2, 0.25) is 0 Å². The Balaban J connectivity index is 2.61. The first-order chi connectivity index (χ1) is 9.31. The van der Waals surface area contributed by atoms with Crippen molar-refractivity contribution < 1.29 is 26.3 Å². The zero-order valence-electron chi connectivity index (χ0n) is 9.53. The molecule has 0 bridgehead atoms. The van der Waals surface area contributed by atoms with E-state index in [0.717, 1.165) is 0 Å². The molecular weight excluding hydrogens is 306 g/mol. The van der Waals surface area contributed by atoms with E-state index < -0.39 is 51.4 Å². The molecule has 0 spiro atoms. The van der Waals surface area contributed by atoms with Crippen LogP contribution in [0.4, 0.5) is 26.3 Å². The molecule has 2 aromatic rings. The van der Waals surface area contributed by atoms with Crippen LogP contribution in [-0.4, -0.2) is 0 Å². The Hall–Kier alpha value is -1.69. The maximum atomic E-state index is 13.5. The van der Waals surface area contributed by atoms with E-state index in [4.69, 9.17) is 11.6 Å². The fourth-order valence-electron chi connectivity index (χ4n) is 1.74. The average Bonchev–Trinajstić information content (AvgIpc) is 2.25. The van der Waals surface area contributed by atoms with Crippen LogP contribution < -0.4 is 0 Å². The highest BCUT2D eigenvalue weighted by Crippen LogP contribution is 2.36. The van der Waals surface area contributed by atoms with E-state index in [-0.39, 0.29) is 0 Å². The molecule has 0 saturated carbocycles. The standard InChI is InChI=1S/C13H5ClF6/c14-13(11-7(17)1-5(15)2-8(11)18)12-9(19)3-6(16)4-10(12)20/h1-4,13H. The Morgan fingerprint density at radius 3 is 1.10 bits per heavy atom. The molecule has 0 aliphatic rings. The van der Waals surface area contributed by atoms with Crippen LogP contribution in [0.5, 0.6) is 0 Å². The average molecular weight is 311 g/mol. The van der Waals surface area contributed by atoms with Gasteiger partial charge in [-0.1, -0.05) is 0 Å². The van der Waals surface area contributed by atoms with Crippen LogP contribution >= 0.6 is 11.6 Å². The summed E-state index contributed by atoms with van der Waals surface area (Å²) in [4.78, 5) is 0. The van der Waals surface area contributed by atoms with Gasteiger partial charge in [-0.25, -0.2) is 26.3 Å². The van der Waals surface area contributed by atoms with Crippen LogP contribution in [0.1, 0.15) is 16.5 Å². The molecule has 0 heterocycles. The SMILES string of the molecule is Fc1cc(F)c(C(Cl)c2c(F)cc(F)cc2F)c(F)c1. The summed E-state index contributed by atoms with van der Waals surface area (Å²) in [7, 11) is 0. The number of halogens is 7. The first-order valence-electron chi connectivity index (χ1n) is 5.24. The third kappa shape index (κ3) is 2.60. The molecule has 7 heteroatoms. The van der Waals surface area contributed by atoms with Crippen LogP contribution in [0.15, 0.2) is 24.3 Å². The zero-order chi connectivity index (χ0) is 15.0. The molecule has 0 N–H and O–H groups in total. The summed E-state index contributed by atoms with van der Waals surface area (Å²) in [5.74, 6) is -7.99. The lowest BCUT2D eigenvalue weighted by atomic mass is 10.0. The van der Waals surface area contributed by atoms with Crippen LogP contribution in [0.3, 0.4) is 0 Å². The van der Waals surface area contributed by atoms with Gasteiger partial charge in [-0.15, -0.1) is 11.6 Å². The highest BCUT2D eigenvalue weighted by atomic mass is 35.5. The van der Waals surface area contributed by atoms with Gasteiger partial charge in [0.1, 0.15) is 34.9 Å². The Morgan fingerprint density at radius 2 is 0.850 bits per heavy atom. The Kier molecular flexibility index (Phi) is 3.94. The van der Waals surface area contributed by atoms with Crippen LogP contribution in [0.25, 0.3) is 0 Å². The van der Waals surface area contributed by atoms with E-state index in [0.29, 0.717) is 24.3 Å². The van der Waals surface area contributed by atoms with Gasteiger partial charge in [0.05, 0.1) is 5.38 Å². The Bertz CT molecular complexity index is 566. The van der Waals surface area contributed by atoms with Gasteiger partial charge < -0.3 is 0 Å². The van der Waals surface area contributed by atoms with Crippen LogP contribution in [-0.2, 0) is 0 Å². The molecule has 0 aliphatic carbocycles. The summed E-state index contributed by atoms with van der Waals surface area (Å²) in [5, 5.41) is -1.91. The van der Waals surface area contributed by atoms with Gasteiger partial charge in [0.25, 0.3) is 0 Å². The molecule has 0 saturated heterocycles. The van der Waals surface area contributed by atoms with Gasteiger partial charge in [-0.2, -0.15) is 0 Å². The zero-order valence-corrected chi connectivity index (χ0v) is 10.3. The van der Waals surface area contributed by atoms with E-state index >= 15 is 0 Å². The van der Waals surface area contributed by atoms with E-state index in [1.54, 1.807) is 0 Å². The lowest BCUT2D eigenvalue weighted by Gasteiger charge is -2.14. The van der Waals surface area contributed by atoms with Crippen molar-refractivity contribution in [1.29, 1.82) is 0 Å². The Labute approximate surface area is 114 Å². The molecular formula is C13H5ClF6. The molecule has 0 radical (unpaired) electrons. The van der Waals surface area contributed by atoms with Gasteiger partial charge in [0.15, 0.2) is 0 Å². The molecule has 0 aliphatic heterocycles. The lowest BCUT2D eigenvalue weighted by molar-refractivity contribution is 0.507. The minimum absolute atomic E-state index is 0.327. The number of alkyl halides is 1. The van der Waals surface area contributed by atoms with Gasteiger partial charge >= 0.3 is 0 Å². The molecule has 20 heavy (non-hydrogen) atoms. The maximum Gasteiger partial charge on any atom is 0.134 e. The summed E-state index contributed by atoms with van der Waals surface area (Å²) in [5.41, 5.74) is -1.84. The van der Waals surface area contributed by atoms with Gasteiger partial charge in [-0.3, -0.25) is 0 Å². The molecule has 0 nitrogen and oxygen atoms in total. The topological polar surface area (TPSA) is 0 Å². The van der Waals surface area contributed by atoms with E-state index in [2.05, 4.69) is 0 Å². The summed E-state index contributed by atoms with van der Waals surface area (Å²) in [6, 6.07) is 1.31. The van der Waals surface area contributed by atoms with Gasteiger partial charge in [0, 0.05) is 35.4 Å². The highest BCUT2D eigenvalue weighted by molar-refractivity contribution is 6.22. The van der Waals surface area contributed by atoms with Crippen molar-refractivity contribution in [3.8, 4) is 0 Å². The van der Waals surface area contributed by atoms with Crippen molar-refractivity contribution in [2.45, 2.75) is 5.38 Å². The predicted molar refractivity (Wildman–Crippen MR) is 60.3 cm³/mol. The first kappa shape index (κ1) is 14.7. The van der Waals surface area contributed by atoms with E-state index in [1.807, 2.05) is 0 Å². The monoisotopic (exact) mass is 310 g/mol. The van der Waals surface area contributed by atoms with Crippen molar-refractivity contribution in [3.05, 3.63) is 70.3 Å². The largest absolute Gasteiger partial charge is 0.207 e. The fourth-order valence-corrected chi connectivity index (χ4v) is 2.15. The lowest BCUT2D eigenvalue weighted by Crippen LogP contribution is -2.07. The van der Waals surface area contributed by atoms with Crippen LogP contribution in [0.2, 0.25) is 0 Å². The second-order valence-electron chi connectivity index (χ2n) is 3.93. The normalized spacial score (nSPS) is 11.2. The molecule has 0 aromatic heterocycles. The summed E-state index contributed by atoms with van der Waals surface area (Å²) in [6.45, 7) is 0.